The first-order valence-corrected chi connectivity index (χ1v) is 6.48. The number of nitrogens with one attached hydrogen (secondary N) is 1. The van der Waals surface area contributed by atoms with Crippen LogP contribution in [0.1, 0.15) is 44.2 Å². The summed E-state index contributed by atoms with van der Waals surface area (Å²) in [6.07, 6.45) is -3.85. The van der Waals surface area contributed by atoms with Crippen LogP contribution in [0.5, 0.6) is 0 Å². The molecule has 0 heterocycles. The molecule has 0 bridgehead atoms. The van der Waals surface area contributed by atoms with Crippen molar-refractivity contribution in [1.82, 2.24) is 5.32 Å². The standard InChI is InChI=1S/C14H19F4N/c1-2-10-19-13(8-5-9-14(16,17)18)11-6-3-4-7-12(11)15/h3-4,6-7,13,19H,2,5,8-10H2,1H3. The van der Waals surface area contributed by atoms with E-state index >= 15 is 0 Å². The second-order valence-corrected chi connectivity index (χ2v) is 4.54. The Morgan fingerprint density at radius 3 is 2.47 bits per heavy atom. The van der Waals surface area contributed by atoms with Gasteiger partial charge in [0.2, 0.25) is 0 Å². The molecule has 19 heavy (non-hydrogen) atoms. The Labute approximate surface area is 111 Å². The average Bonchev–Trinajstić information content (AvgIpc) is 2.33. The summed E-state index contributed by atoms with van der Waals surface area (Å²) in [6, 6.07) is 5.87. The highest BCUT2D eigenvalue weighted by molar-refractivity contribution is 5.21. The van der Waals surface area contributed by atoms with Crippen molar-refractivity contribution in [2.24, 2.45) is 0 Å². The van der Waals surface area contributed by atoms with Crippen LogP contribution in [0.25, 0.3) is 0 Å². The van der Waals surface area contributed by atoms with Crippen molar-refractivity contribution in [3.8, 4) is 0 Å². The first-order valence-electron chi connectivity index (χ1n) is 6.48. The molecule has 5 heteroatoms. The Kier molecular flexibility index (Phi) is 6.28. The molecule has 1 aromatic rings. The van der Waals surface area contributed by atoms with Gasteiger partial charge in [-0.3, -0.25) is 0 Å². The molecule has 1 rings (SSSR count). The van der Waals surface area contributed by atoms with Crippen LogP contribution in [-0.4, -0.2) is 12.7 Å². The molecule has 0 fully saturated rings. The van der Waals surface area contributed by atoms with Crippen LogP contribution < -0.4 is 5.32 Å². The Balaban J connectivity index is 2.64. The molecule has 0 spiro atoms. The summed E-state index contributed by atoms with van der Waals surface area (Å²) in [5, 5.41) is 3.11. The first kappa shape index (κ1) is 16.0. The quantitative estimate of drug-likeness (QED) is 0.718. The van der Waals surface area contributed by atoms with Gasteiger partial charge >= 0.3 is 6.18 Å². The van der Waals surface area contributed by atoms with E-state index in [0.717, 1.165) is 6.42 Å². The van der Waals surface area contributed by atoms with Gasteiger partial charge in [-0.05, 0) is 31.9 Å². The van der Waals surface area contributed by atoms with Crippen molar-refractivity contribution in [2.75, 3.05) is 6.54 Å². The first-order chi connectivity index (χ1) is 8.94. The minimum atomic E-state index is -4.15. The third-order valence-corrected chi connectivity index (χ3v) is 2.87. The second-order valence-electron chi connectivity index (χ2n) is 4.54. The predicted octanol–water partition coefficient (Wildman–Crippen LogP) is 4.60. The molecule has 0 aliphatic heterocycles. The third-order valence-electron chi connectivity index (χ3n) is 2.87. The van der Waals surface area contributed by atoms with Crippen molar-refractivity contribution in [3.05, 3.63) is 35.6 Å². The van der Waals surface area contributed by atoms with Crippen molar-refractivity contribution in [3.63, 3.8) is 0 Å². The smallest absolute Gasteiger partial charge is 0.310 e. The van der Waals surface area contributed by atoms with Crippen LogP contribution in [0.4, 0.5) is 17.6 Å². The molecule has 1 atom stereocenters. The monoisotopic (exact) mass is 277 g/mol. The Morgan fingerprint density at radius 1 is 1.21 bits per heavy atom. The van der Waals surface area contributed by atoms with Crippen LogP contribution in [0.15, 0.2) is 24.3 Å². The maximum absolute atomic E-state index is 13.7. The highest BCUT2D eigenvalue weighted by Crippen LogP contribution is 2.27. The van der Waals surface area contributed by atoms with Gasteiger partial charge in [0, 0.05) is 18.0 Å². The number of hydrogen-bond acceptors (Lipinski definition) is 1. The zero-order valence-corrected chi connectivity index (χ0v) is 10.9. The fraction of sp³-hybridized carbons (Fsp3) is 0.571. The van der Waals surface area contributed by atoms with Crippen LogP contribution in [0, 0.1) is 5.82 Å². The molecule has 0 saturated carbocycles. The number of halogens is 4. The second kappa shape index (κ2) is 7.48. The number of hydrogen-bond donors (Lipinski definition) is 1. The fourth-order valence-electron chi connectivity index (χ4n) is 1.95. The lowest BCUT2D eigenvalue weighted by Crippen LogP contribution is -2.23. The summed E-state index contributed by atoms with van der Waals surface area (Å²) >= 11 is 0. The Morgan fingerprint density at radius 2 is 1.89 bits per heavy atom. The molecule has 0 aliphatic rings. The van der Waals surface area contributed by atoms with Crippen LogP contribution in [0.2, 0.25) is 0 Å². The number of rotatable bonds is 7. The summed E-state index contributed by atoms with van der Waals surface area (Å²) in [5.41, 5.74) is 0.443. The average molecular weight is 277 g/mol. The van der Waals surface area contributed by atoms with Gasteiger partial charge in [-0.1, -0.05) is 25.1 Å². The topological polar surface area (TPSA) is 12.0 Å². The Bertz CT molecular complexity index is 376. The molecule has 0 saturated heterocycles. The number of benzene rings is 1. The molecule has 0 aliphatic carbocycles. The lowest BCUT2D eigenvalue weighted by atomic mass is 10.00. The van der Waals surface area contributed by atoms with Crippen LogP contribution >= 0.6 is 0 Å². The molecular weight excluding hydrogens is 258 g/mol. The van der Waals surface area contributed by atoms with E-state index in [0.29, 0.717) is 12.1 Å². The fourth-order valence-corrected chi connectivity index (χ4v) is 1.95. The molecular formula is C14H19F4N. The molecule has 1 N–H and O–H groups in total. The van der Waals surface area contributed by atoms with E-state index in [2.05, 4.69) is 5.32 Å². The largest absolute Gasteiger partial charge is 0.389 e. The minimum absolute atomic E-state index is 0.000779. The van der Waals surface area contributed by atoms with Gasteiger partial charge in [0.25, 0.3) is 0 Å². The van der Waals surface area contributed by atoms with Gasteiger partial charge in [-0.25, -0.2) is 4.39 Å². The zero-order valence-electron chi connectivity index (χ0n) is 10.9. The van der Waals surface area contributed by atoms with Gasteiger partial charge in [-0.2, -0.15) is 13.2 Å². The minimum Gasteiger partial charge on any atom is -0.310 e. The number of alkyl halides is 3. The van der Waals surface area contributed by atoms with E-state index in [1.54, 1.807) is 18.2 Å². The molecule has 1 nitrogen and oxygen atoms in total. The third kappa shape index (κ3) is 6.05. The van der Waals surface area contributed by atoms with Gasteiger partial charge < -0.3 is 5.32 Å². The van der Waals surface area contributed by atoms with Gasteiger partial charge in [0.15, 0.2) is 0 Å². The molecule has 0 radical (unpaired) electrons. The van der Waals surface area contributed by atoms with Crippen LogP contribution in [-0.2, 0) is 0 Å². The normalized spacial score (nSPS) is 13.5. The zero-order chi connectivity index (χ0) is 14.3. The summed E-state index contributed by atoms with van der Waals surface area (Å²) in [5.74, 6) is -0.372. The van der Waals surface area contributed by atoms with E-state index in [1.807, 2.05) is 6.92 Å². The lowest BCUT2D eigenvalue weighted by Gasteiger charge is -2.20. The summed E-state index contributed by atoms with van der Waals surface area (Å²) < 4.78 is 50.1. The van der Waals surface area contributed by atoms with Crippen LogP contribution in [0.3, 0.4) is 0 Å². The predicted molar refractivity (Wildman–Crippen MR) is 67.3 cm³/mol. The molecule has 108 valence electrons. The Hall–Kier alpha value is -1.10. The van der Waals surface area contributed by atoms with Crippen molar-refractivity contribution < 1.29 is 17.6 Å². The highest BCUT2D eigenvalue weighted by Gasteiger charge is 2.27. The molecule has 0 amide bonds. The van der Waals surface area contributed by atoms with E-state index in [9.17, 15) is 17.6 Å². The maximum atomic E-state index is 13.7. The van der Waals surface area contributed by atoms with Gasteiger partial charge in [-0.15, -0.1) is 0 Å². The van der Waals surface area contributed by atoms with Gasteiger partial charge in [0.1, 0.15) is 5.82 Å². The molecule has 1 unspecified atom stereocenters. The van der Waals surface area contributed by atoms with E-state index in [4.69, 9.17) is 0 Å². The van der Waals surface area contributed by atoms with Crippen molar-refractivity contribution in [2.45, 2.75) is 44.8 Å². The van der Waals surface area contributed by atoms with E-state index < -0.39 is 12.6 Å². The summed E-state index contributed by atoms with van der Waals surface area (Å²) in [7, 11) is 0. The molecule has 1 aromatic carbocycles. The summed E-state index contributed by atoms with van der Waals surface area (Å²) in [4.78, 5) is 0. The highest BCUT2D eigenvalue weighted by atomic mass is 19.4. The van der Waals surface area contributed by atoms with Crippen molar-refractivity contribution >= 4 is 0 Å². The molecule has 0 aromatic heterocycles. The SMILES string of the molecule is CCCNC(CCCC(F)(F)F)c1ccccc1F. The lowest BCUT2D eigenvalue weighted by molar-refractivity contribution is -0.135. The van der Waals surface area contributed by atoms with E-state index in [1.165, 1.54) is 6.07 Å². The van der Waals surface area contributed by atoms with E-state index in [-0.39, 0.29) is 24.7 Å². The summed E-state index contributed by atoms with van der Waals surface area (Å²) in [6.45, 7) is 2.62. The van der Waals surface area contributed by atoms with Crippen molar-refractivity contribution in [1.29, 1.82) is 0 Å². The van der Waals surface area contributed by atoms with Gasteiger partial charge in [0.05, 0.1) is 0 Å². The maximum Gasteiger partial charge on any atom is 0.389 e.